The molecule has 0 unspecified atom stereocenters. The molecule has 0 aliphatic carbocycles. The standard InChI is InChI=1S/C25H35FN4O4S/c1-17(15-26)20-7-9-21(10-8-20)35(32,33)28-22-11-12-23(27-19(22)3)29-13-14-30(18(2)16-29)24(31)34-25(4,5)6/h7-12,17-18,28H,13-16H2,1-6H3/t17-,18+/m0/s1. The highest BCUT2D eigenvalue weighted by Gasteiger charge is 2.31. The molecule has 0 saturated carbocycles. The zero-order valence-electron chi connectivity index (χ0n) is 21.2. The van der Waals surface area contributed by atoms with E-state index in [9.17, 15) is 17.6 Å². The van der Waals surface area contributed by atoms with Crippen molar-refractivity contribution in [2.45, 2.75) is 64.0 Å². The lowest BCUT2D eigenvalue weighted by Crippen LogP contribution is -2.55. The van der Waals surface area contributed by atoms with Crippen LogP contribution in [0.25, 0.3) is 0 Å². The summed E-state index contributed by atoms with van der Waals surface area (Å²) >= 11 is 0. The largest absolute Gasteiger partial charge is 0.444 e. The van der Waals surface area contributed by atoms with Crippen LogP contribution in [0.15, 0.2) is 41.3 Å². The van der Waals surface area contributed by atoms with Crippen molar-refractivity contribution in [2.24, 2.45) is 0 Å². The van der Waals surface area contributed by atoms with Crippen molar-refractivity contribution in [1.82, 2.24) is 9.88 Å². The van der Waals surface area contributed by atoms with E-state index in [0.717, 1.165) is 5.56 Å². The van der Waals surface area contributed by atoms with Gasteiger partial charge < -0.3 is 14.5 Å². The Morgan fingerprint density at radius 2 is 1.86 bits per heavy atom. The number of pyridine rings is 1. The molecule has 1 amide bonds. The highest BCUT2D eigenvalue weighted by atomic mass is 32.2. The number of sulfonamides is 1. The van der Waals surface area contributed by atoms with Gasteiger partial charge in [-0.2, -0.15) is 0 Å². The summed E-state index contributed by atoms with van der Waals surface area (Å²) in [5, 5.41) is 0. The van der Waals surface area contributed by atoms with Gasteiger partial charge in [0.15, 0.2) is 0 Å². The van der Waals surface area contributed by atoms with E-state index in [1.54, 1.807) is 43.0 Å². The number of halogens is 1. The number of anilines is 2. The molecule has 0 bridgehead atoms. The molecular formula is C25H35FN4O4S. The van der Waals surface area contributed by atoms with Crippen LogP contribution in [0.3, 0.4) is 0 Å². The van der Waals surface area contributed by atoms with Crippen LogP contribution in [0, 0.1) is 6.92 Å². The lowest BCUT2D eigenvalue weighted by Gasteiger charge is -2.40. The predicted molar refractivity (Wildman–Crippen MR) is 135 cm³/mol. The molecule has 35 heavy (non-hydrogen) atoms. The van der Waals surface area contributed by atoms with Gasteiger partial charge in [0.05, 0.1) is 23.0 Å². The summed E-state index contributed by atoms with van der Waals surface area (Å²) in [6.07, 6.45) is -0.328. The van der Waals surface area contributed by atoms with E-state index in [-0.39, 0.29) is 22.9 Å². The van der Waals surface area contributed by atoms with Gasteiger partial charge in [-0.3, -0.25) is 9.11 Å². The number of ether oxygens (including phenoxy) is 1. The quantitative estimate of drug-likeness (QED) is 0.610. The zero-order chi connectivity index (χ0) is 26.0. The average Bonchev–Trinajstić information content (AvgIpc) is 2.78. The van der Waals surface area contributed by atoms with E-state index in [1.807, 2.05) is 27.7 Å². The molecule has 8 nitrogen and oxygen atoms in total. The Morgan fingerprint density at radius 1 is 1.20 bits per heavy atom. The minimum Gasteiger partial charge on any atom is -0.444 e. The molecule has 1 N–H and O–H groups in total. The van der Waals surface area contributed by atoms with Crippen molar-refractivity contribution in [3.05, 3.63) is 47.7 Å². The van der Waals surface area contributed by atoms with E-state index in [4.69, 9.17) is 4.74 Å². The Hall–Kier alpha value is -2.88. The number of aromatic nitrogens is 1. The molecule has 3 rings (SSSR count). The van der Waals surface area contributed by atoms with E-state index in [0.29, 0.717) is 36.8 Å². The van der Waals surface area contributed by atoms with Gasteiger partial charge in [0, 0.05) is 31.6 Å². The second kappa shape index (κ2) is 10.4. The van der Waals surface area contributed by atoms with Crippen LogP contribution in [0.2, 0.25) is 0 Å². The zero-order valence-corrected chi connectivity index (χ0v) is 22.0. The van der Waals surface area contributed by atoms with Gasteiger partial charge in [0.2, 0.25) is 0 Å². The molecular weight excluding hydrogens is 471 g/mol. The highest BCUT2D eigenvalue weighted by molar-refractivity contribution is 7.92. The molecule has 10 heteroatoms. The molecule has 1 aliphatic heterocycles. The van der Waals surface area contributed by atoms with E-state index in [1.165, 1.54) is 12.1 Å². The molecule has 2 aromatic rings. The van der Waals surface area contributed by atoms with Gasteiger partial charge in [-0.15, -0.1) is 0 Å². The lowest BCUT2D eigenvalue weighted by atomic mass is 10.0. The van der Waals surface area contributed by atoms with Gasteiger partial charge in [0.25, 0.3) is 10.0 Å². The Balaban J connectivity index is 1.68. The van der Waals surface area contributed by atoms with Crippen LogP contribution in [0.1, 0.15) is 51.8 Å². The van der Waals surface area contributed by atoms with E-state index < -0.39 is 22.3 Å². The molecule has 1 aromatic heterocycles. The number of piperazine rings is 1. The number of aryl methyl sites for hydroxylation is 1. The molecule has 1 fully saturated rings. The average molecular weight is 507 g/mol. The highest BCUT2D eigenvalue weighted by Crippen LogP contribution is 2.25. The molecule has 0 spiro atoms. The number of benzene rings is 1. The third-order valence-corrected chi connectivity index (χ3v) is 7.27. The summed E-state index contributed by atoms with van der Waals surface area (Å²) in [4.78, 5) is 21.0. The molecule has 0 radical (unpaired) electrons. The summed E-state index contributed by atoms with van der Waals surface area (Å²) in [6, 6.07) is 9.61. The van der Waals surface area contributed by atoms with Crippen molar-refractivity contribution in [3.63, 3.8) is 0 Å². The normalized spacial score (nSPS) is 17.7. The van der Waals surface area contributed by atoms with Crippen LogP contribution < -0.4 is 9.62 Å². The predicted octanol–water partition coefficient (Wildman–Crippen LogP) is 4.71. The third kappa shape index (κ3) is 6.62. The Kier molecular flexibility index (Phi) is 7.93. The number of nitrogens with zero attached hydrogens (tertiary/aromatic N) is 3. The fourth-order valence-electron chi connectivity index (χ4n) is 3.86. The van der Waals surface area contributed by atoms with Gasteiger partial charge in [-0.1, -0.05) is 19.1 Å². The fourth-order valence-corrected chi connectivity index (χ4v) is 4.98. The maximum absolute atomic E-state index is 12.9. The molecule has 1 saturated heterocycles. The summed E-state index contributed by atoms with van der Waals surface area (Å²) in [5.41, 5.74) is 1.12. The number of hydrogen-bond acceptors (Lipinski definition) is 6. The van der Waals surface area contributed by atoms with E-state index in [2.05, 4.69) is 14.6 Å². The number of hydrogen-bond donors (Lipinski definition) is 1. The maximum atomic E-state index is 12.9. The smallest absolute Gasteiger partial charge is 0.410 e. The summed E-state index contributed by atoms with van der Waals surface area (Å²) < 4.78 is 46.7. The van der Waals surface area contributed by atoms with Crippen molar-refractivity contribution < 1.29 is 22.3 Å². The monoisotopic (exact) mass is 506 g/mol. The molecule has 1 aliphatic rings. The SMILES string of the molecule is Cc1nc(N2CCN(C(=O)OC(C)(C)C)[C@H](C)C2)ccc1NS(=O)(=O)c1ccc([C@@H](C)CF)cc1. The number of rotatable bonds is 6. The first kappa shape index (κ1) is 26.7. The topological polar surface area (TPSA) is 91.8 Å². The van der Waals surface area contributed by atoms with Gasteiger partial charge in [0.1, 0.15) is 11.4 Å². The second-order valence-corrected chi connectivity index (χ2v) is 11.7. The van der Waals surface area contributed by atoms with Crippen LogP contribution >= 0.6 is 0 Å². The molecule has 1 aromatic carbocycles. The number of carbonyl (C=O) groups is 1. The number of amides is 1. The first-order valence-corrected chi connectivity index (χ1v) is 13.2. The lowest BCUT2D eigenvalue weighted by molar-refractivity contribution is 0.0158. The maximum Gasteiger partial charge on any atom is 0.410 e. The van der Waals surface area contributed by atoms with Crippen LogP contribution in [0.4, 0.5) is 20.7 Å². The fraction of sp³-hybridized carbons (Fsp3) is 0.520. The van der Waals surface area contributed by atoms with Crippen molar-refractivity contribution >= 4 is 27.6 Å². The van der Waals surface area contributed by atoms with Crippen molar-refractivity contribution in [2.75, 3.05) is 35.9 Å². The Bertz CT molecular complexity index is 1150. The number of alkyl halides is 1. The second-order valence-electron chi connectivity index (χ2n) is 10.0. The van der Waals surface area contributed by atoms with Crippen molar-refractivity contribution in [3.8, 4) is 0 Å². The first-order chi connectivity index (χ1) is 16.3. The van der Waals surface area contributed by atoms with Crippen LogP contribution in [0.5, 0.6) is 0 Å². The van der Waals surface area contributed by atoms with Gasteiger partial charge in [-0.05, 0) is 64.4 Å². The van der Waals surface area contributed by atoms with E-state index >= 15 is 0 Å². The summed E-state index contributed by atoms with van der Waals surface area (Å²) in [6.45, 7) is 12.2. The summed E-state index contributed by atoms with van der Waals surface area (Å²) in [7, 11) is -3.82. The van der Waals surface area contributed by atoms with Crippen LogP contribution in [-0.2, 0) is 14.8 Å². The third-order valence-electron chi connectivity index (χ3n) is 5.89. The minimum atomic E-state index is -3.82. The molecule has 2 heterocycles. The van der Waals surface area contributed by atoms with Crippen LogP contribution in [-0.4, -0.2) is 62.3 Å². The summed E-state index contributed by atoms with van der Waals surface area (Å²) in [5.74, 6) is 0.429. The number of carbonyl (C=O) groups excluding carboxylic acids is 1. The molecule has 192 valence electrons. The minimum absolute atomic E-state index is 0.0676. The van der Waals surface area contributed by atoms with Gasteiger partial charge >= 0.3 is 6.09 Å². The van der Waals surface area contributed by atoms with Crippen molar-refractivity contribution in [1.29, 1.82) is 0 Å². The Labute approximate surface area is 207 Å². The first-order valence-electron chi connectivity index (χ1n) is 11.7. The Morgan fingerprint density at radius 3 is 2.40 bits per heavy atom. The number of nitrogens with one attached hydrogen (secondary N) is 1. The van der Waals surface area contributed by atoms with Gasteiger partial charge in [-0.25, -0.2) is 18.2 Å². The molecule has 2 atom stereocenters.